The van der Waals surface area contributed by atoms with Crippen LogP contribution in [0.5, 0.6) is 5.75 Å². The molecular formula is C15H13NO4. The first-order valence-electron chi connectivity index (χ1n) is 6.01. The number of nitrogens with zero attached hydrogens (tertiary/aromatic N) is 1. The van der Waals surface area contributed by atoms with E-state index in [2.05, 4.69) is 0 Å². The maximum Gasteiger partial charge on any atom is 0.311 e. The molecule has 2 rings (SSSR count). The predicted molar refractivity (Wildman–Crippen MR) is 74.1 cm³/mol. The van der Waals surface area contributed by atoms with Crippen LogP contribution in [0.2, 0.25) is 0 Å². The Labute approximate surface area is 116 Å². The lowest BCUT2D eigenvalue weighted by Crippen LogP contribution is -2.04. The maximum atomic E-state index is 12.0. The Kier molecular flexibility index (Phi) is 4.10. The van der Waals surface area contributed by atoms with Gasteiger partial charge in [-0.2, -0.15) is 0 Å². The van der Waals surface area contributed by atoms with E-state index in [1.807, 2.05) is 6.07 Å². The molecule has 0 unspecified atom stereocenters. The number of rotatable bonds is 5. The van der Waals surface area contributed by atoms with E-state index in [9.17, 15) is 14.9 Å². The van der Waals surface area contributed by atoms with Gasteiger partial charge in [0.1, 0.15) is 0 Å². The van der Waals surface area contributed by atoms with Gasteiger partial charge in [0.05, 0.1) is 12.0 Å². The van der Waals surface area contributed by atoms with Crippen molar-refractivity contribution in [1.82, 2.24) is 0 Å². The van der Waals surface area contributed by atoms with Crippen molar-refractivity contribution in [3.8, 4) is 5.75 Å². The number of ether oxygens (including phenoxy) is 1. The van der Waals surface area contributed by atoms with Gasteiger partial charge in [-0.1, -0.05) is 36.4 Å². The Balaban J connectivity index is 2.24. The number of nitro groups is 1. The van der Waals surface area contributed by atoms with E-state index in [0.717, 1.165) is 0 Å². The van der Waals surface area contributed by atoms with Crippen molar-refractivity contribution in [3.63, 3.8) is 0 Å². The highest BCUT2D eigenvalue weighted by atomic mass is 16.6. The van der Waals surface area contributed by atoms with E-state index >= 15 is 0 Å². The minimum absolute atomic E-state index is 0.0786. The van der Waals surface area contributed by atoms with Crippen LogP contribution in [0.1, 0.15) is 15.9 Å². The number of methoxy groups -OCH3 is 1. The third kappa shape index (κ3) is 3.00. The number of benzene rings is 2. The molecule has 0 saturated carbocycles. The molecule has 0 aliphatic rings. The fourth-order valence-electron chi connectivity index (χ4n) is 1.90. The highest BCUT2D eigenvalue weighted by molar-refractivity contribution is 5.97. The first-order valence-corrected chi connectivity index (χ1v) is 6.01. The van der Waals surface area contributed by atoms with E-state index in [1.165, 1.54) is 19.2 Å². The summed E-state index contributed by atoms with van der Waals surface area (Å²) < 4.78 is 4.92. The van der Waals surface area contributed by atoms with Gasteiger partial charge >= 0.3 is 5.69 Å². The van der Waals surface area contributed by atoms with Crippen LogP contribution in [-0.4, -0.2) is 17.8 Å². The fourth-order valence-corrected chi connectivity index (χ4v) is 1.90. The molecule has 2 aromatic rings. The van der Waals surface area contributed by atoms with Gasteiger partial charge in [-0.15, -0.1) is 0 Å². The maximum absolute atomic E-state index is 12.0. The number of carbonyl (C=O) groups is 1. The second-order valence-electron chi connectivity index (χ2n) is 4.23. The highest BCUT2D eigenvalue weighted by Gasteiger charge is 2.16. The van der Waals surface area contributed by atoms with Gasteiger partial charge in [-0.05, 0) is 11.6 Å². The van der Waals surface area contributed by atoms with Crippen LogP contribution in [0, 0.1) is 10.1 Å². The molecule has 0 fully saturated rings. The van der Waals surface area contributed by atoms with E-state index in [-0.39, 0.29) is 23.6 Å². The molecule has 0 radical (unpaired) electrons. The van der Waals surface area contributed by atoms with Gasteiger partial charge in [-0.3, -0.25) is 14.9 Å². The SMILES string of the molecule is COc1ccc(CC(=O)c2ccccc2)cc1[N+](=O)[O-]. The summed E-state index contributed by atoms with van der Waals surface area (Å²) in [6.07, 6.45) is 0.120. The number of hydrogen-bond acceptors (Lipinski definition) is 4. The summed E-state index contributed by atoms with van der Waals surface area (Å²) in [4.78, 5) is 22.5. The summed E-state index contributed by atoms with van der Waals surface area (Å²) >= 11 is 0. The third-order valence-corrected chi connectivity index (χ3v) is 2.90. The molecule has 0 aliphatic carbocycles. The second kappa shape index (κ2) is 5.97. The molecule has 5 nitrogen and oxygen atoms in total. The van der Waals surface area contributed by atoms with E-state index in [0.29, 0.717) is 11.1 Å². The normalized spacial score (nSPS) is 10.1. The summed E-state index contributed by atoms with van der Waals surface area (Å²) in [5.41, 5.74) is 1.04. The van der Waals surface area contributed by atoms with Gasteiger partial charge in [0, 0.05) is 18.1 Å². The van der Waals surface area contributed by atoms with Gasteiger partial charge < -0.3 is 4.74 Å². The Morgan fingerprint density at radius 1 is 1.20 bits per heavy atom. The minimum atomic E-state index is -0.519. The van der Waals surface area contributed by atoms with Gasteiger partial charge in [0.15, 0.2) is 11.5 Å². The van der Waals surface area contributed by atoms with Crippen molar-refractivity contribution in [1.29, 1.82) is 0 Å². The molecular weight excluding hydrogens is 258 g/mol. The zero-order valence-corrected chi connectivity index (χ0v) is 10.9. The minimum Gasteiger partial charge on any atom is -0.490 e. The third-order valence-electron chi connectivity index (χ3n) is 2.90. The van der Waals surface area contributed by atoms with Gasteiger partial charge in [0.25, 0.3) is 0 Å². The van der Waals surface area contributed by atoms with Crippen molar-refractivity contribution in [2.75, 3.05) is 7.11 Å². The quantitative estimate of drug-likeness (QED) is 0.476. The van der Waals surface area contributed by atoms with Crippen LogP contribution in [-0.2, 0) is 6.42 Å². The molecule has 102 valence electrons. The lowest BCUT2D eigenvalue weighted by atomic mass is 10.0. The summed E-state index contributed by atoms with van der Waals surface area (Å²) in [6, 6.07) is 13.4. The monoisotopic (exact) mass is 271 g/mol. The summed E-state index contributed by atoms with van der Waals surface area (Å²) in [7, 11) is 1.37. The molecule has 0 heterocycles. The number of ketones is 1. The molecule has 0 spiro atoms. The van der Waals surface area contributed by atoms with Gasteiger partial charge in [0.2, 0.25) is 0 Å². The number of carbonyl (C=O) groups excluding carboxylic acids is 1. The first kappa shape index (κ1) is 13.7. The molecule has 0 amide bonds. The Morgan fingerprint density at radius 3 is 2.50 bits per heavy atom. The van der Waals surface area contributed by atoms with E-state index in [1.54, 1.807) is 30.3 Å². The van der Waals surface area contributed by atoms with Crippen molar-refractivity contribution < 1.29 is 14.5 Å². The smallest absolute Gasteiger partial charge is 0.311 e. The van der Waals surface area contributed by atoms with Crippen LogP contribution in [0.4, 0.5) is 5.69 Å². The van der Waals surface area contributed by atoms with Gasteiger partial charge in [-0.25, -0.2) is 0 Å². The van der Waals surface area contributed by atoms with E-state index < -0.39 is 4.92 Å². The van der Waals surface area contributed by atoms with Crippen molar-refractivity contribution in [2.24, 2.45) is 0 Å². The predicted octanol–water partition coefficient (Wildman–Crippen LogP) is 3.03. The standard InChI is InChI=1S/C15H13NO4/c1-20-15-8-7-11(9-13(15)16(18)19)10-14(17)12-5-3-2-4-6-12/h2-9H,10H2,1H3. The lowest BCUT2D eigenvalue weighted by molar-refractivity contribution is -0.385. The zero-order chi connectivity index (χ0) is 14.5. The Hall–Kier alpha value is -2.69. The number of nitro benzene ring substituents is 1. The lowest BCUT2D eigenvalue weighted by Gasteiger charge is -2.05. The highest BCUT2D eigenvalue weighted by Crippen LogP contribution is 2.27. The fraction of sp³-hybridized carbons (Fsp3) is 0.133. The molecule has 0 N–H and O–H groups in total. The van der Waals surface area contributed by atoms with E-state index in [4.69, 9.17) is 4.74 Å². The Morgan fingerprint density at radius 2 is 1.90 bits per heavy atom. The molecule has 0 bridgehead atoms. The van der Waals surface area contributed by atoms with Crippen LogP contribution < -0.4 is 4.74 Å². The van der Waals surface area contributed by atoms with Crippen LogP contribution in [0.25, 0.3) is 0 Å². The summed E-state index contributed by atoms with van der Waals surface area (Å²) in [5.74, 6) is 0.107. The average Bonchev–Trinajstić information content (AvgIpc) is 2.48. The van der Waals surface area contributed by atoms with Crippen LogP contribution in [0.15, 0.2) is 48.5 Å². The molecule has 0 atom stereocenters. The molecule has 0 aliphatic heterocycles. The van der Waals surface area contributed by atoms with Crippen molar-refractivity contribution in [2.45, 2.75) is 6.42 Å². The Bertz CT molecular complexity index is 638. The largest absolute Gasteiger partial charge is 0.490 e. The molecule has 20 heavy (non-hydrogen) atoms. The second-order valence-corrected chi connectivity index (χ2v) is 4.23. The van der Waals surface area contributed by atoms with Crippen molar-refractivity contribution >= 4 is 11.5 Å². The number of hydrogen-bond donors (Lipinski definition) is 0. The molecule has 0 saturated heterocycles. The summed E-state index contributed by atoms with van der Waals surface area (Å²) in [5, 5.41) is 10.9. The van der Waals surface area contributed by atoms with Crippen LogP contribution >= 0.6 is 0 Å². The topological polar surface area (TPSA) is 69.4 Å². The molecule has 5 heteroatoms. The van der Waals surface area contributed by atoms with Crippen molar-refractivity contribution in [3.05, 3.63) is 69.8 Å². The zero-order valence-electron chi connectivity index (χ0n) is 10.9. The number of Topliss-reactive ketones (excluding diaryl/α,β-unsaturated/α-hetero) is 1. The first-order chi connectivity index (χ1) is 9.61. The molecule has 0 aromatic heterocycles. The average molecular weight is 271 g/mol. The molecule has 2 aromatic carbocycles. The summed E-state index contributed by atoms with van der Waals surface area (Å²) in [6.45, 7) is 0. The van der Waals surface area contributed by atoms with Crippen LogP contribution in [0.3, 0.4) is 0 Å².